The van der Waals surface area contributed by atoms with E-state index in [1.807, 2.05) is 18.2 Å². The van der Waals surface area contributed by atoms with Crippen LogP contribution in [-0.4, -0.2) is 24.7 Å². The second-order valence-corrected chi connectivity index (χ2v) is 3.00. The largest absolute Gasteiger partial charge is 0.381 e. The van der Waals surface area contributed by atoms with Gasteiger partial charge in [0.25, 0.3) is 0 Å². The van der Waals surface area contributed by atoms with Crippen LogP contribution in [-0.2, 0) is 4.74 Å². The summed E-state index contributed by atoms with van der Waals surface area (Å²) in [6.45, 7) is 2.75. The first kappa shape index (κ1) is 7.55. The van der Waals surface area contributed by atoms with E-state index in [0.717, 1.165) is 25.6 Å². The van der Waals surface area contributed by atoms with Crippen molar-refractivity contribution < 1.29 is 4.74 Å². The zero-order valence-electron chi connectivity index (χ0n) is 6.86. The molecule has 2 heterocycles. The standard InChI is InChI=1S/C9H12N2O/c1-2-4-10-9(3-1)11-5-8-6-12-7-8/h1-4,8H,5-7H2,(H,10,11). The van der Waals surface area contributed by atoms with Gasteiger partial charge in [-0.2, -0.15) is 0 Å². The maximum absolute atomic E-state index is 5.06. The molecule has 1 N–H and O–H groups in total. The van der Waals surface area contributed by atoms with E-state index < -0.39 is 0 Å². The van der Waals surface area contributed by atoms with E-state index in [1.54, 1.807) is 6.20 Å². The first-order chi connectivity index (χ1) is 5.95. The fourth-order valence-electron chi connectivity index (χ4n) is 1.12. The maximum atomic E-state index is 5.06. The van der Waals surface area contributed by atoms with E-state index in [1.165, 1.54) is 0 Å². The van der Waals surface area contributed by atoms with Gasteiger partial charge in [0.1, 0.15) is 5.82 Å². The number of ether oxygens (including phenoxy) is 1. The number of anilines is 1. The molecule has 0 amide bonds. The van der Waals surface area contributed by atoms with Crippen molar-refractivity contribution in [2.24, 2.45) is 5.92 Å². The van der Waals surface area contributed by atoms with Crippen molar-refractivity contribution in [3.05, 3.63) is 24.4 Å². The third kappa shape index (κ3) is 1.74. The topological polar surface area (TPSA) is 34.1 Å². The van der Waals surface area contributed by atoms with Gasteiger partial charge in [0, 0.05) is 18.7 Å². The molecule has 0 radical (unpaired) electrons. The van der Waals surface area contributed by atoms with Crippen LogP contribution in [0.1, 0.15) is 0 Å². The van der Waals surface area contributed by atoms with Gasteiger partial charge in [-0.3, -0.25) is 0 Å². The Labute approximate surface area is 71.8 Å². The highest BCUT2D eigenvalue weighted by atomic mass is 16.5. The van der Waals surface area contributed by atoms with Gasteiger partial charge in [0.15, 0.2) is 0 Å². The molecule has 1 saturated heterocycles. The van der Waals surface area contributed by atoms with Gasteiger partial charge in [-0.05, 0) is 12.1 Å². The summed E-state index contributed by atoms with van der Waals surface area (Å²) in [4.78, 5) is 4.16. The van der Waals surface area contributed by atoms with Crippen LogP contribution in [0.5, 0.6) is 0 Å². The van der Waals surface area contributed by atoms with Crippen molar-refractivity contribution >= 4 is 5.82 Å². The molecule has 0 aromatic carbocycles. The molecule has 0 atom stereocenters. The molecule has 2 rings (SSSR count). The van der Waals surface area contributed by atoms with Crippen molar-refractivity contribution in [2.75, 3.05) is 25.1 Å². The van der Waals surface area contributed by atoms with Crippen LogP contribution in [0, 0.1) is 5.92 Å². The minimum absolute atomic E-state index is 0.673. The fraction of sp³-hybridized carbons (Fsp3) is 0.444. The molecule has 0 bridgehead atoms. The summed E-state index contributed by atoms with van der Waals surface area (Å²) in [6, 6.07) is 5.86. The molecular weight excluding hydrogens is 152 g/mol. The van der Waals surface area contributed by atoms with Crippen molar-refractivity contribution in [3.8, 4) is 0 Å². The monoisotopic (exact) mass is 164 g/mol. The van der Waals surface area contributed by atoms with Crippen LogP contribution >= 0.6 is 0 Å². The summed E-state index contributed by atoms with van der Waals surface area (Å²) in [6.07, 6.45) is 1.79. The number of hydrogen-bond donors (Lipinski definition) is 1. The van der Waals surface area contributed by atoms with E-state index in [4.69, 9.17) is 4.74 Å². The van der Waals surface area contributed by atoms with Gasteiger partial charge >= 0.3 is 0 Å². The predicted molar refractivity (Wildman–Crippen MR) is 47.0 cm³/mol. The first-order valence-corrected chi connectivity index (χ1v) is 4.18. The summed E-state index contributed by atoms with van der Waals surface area (Å²) in [5, 5.41) is 3.26. The Hall–Kier alpha value is -1.09. The van der Waals surface area contributed by atoms with Gasteiger partial charge in [-0.25, -0.2) is 4.98 Å². The van der Waals surface area contributed by atoms with Crippen LogP contribution in [0.3, 0.4) is 0 Å². The molecule has 1 aromatic rings. The van der Waals surface area contributed by atoms with Crippen molar-refractivity contribution in [1.29, 1.82) is 0 Å². The molecule has 1 fully saturated rings. The second-order valence-electron chi connectivity index (χ2n) is 3.00. The zero-order valence-corrected chi connectivity index (χ0v) is 6.86. The summed E-state index contributed by atoms with van der Waals surface area (Å²) in [5.41, 5.74) is 0. The average Bonchev–Trinajstić information content (AvgIpc) is 2.04. The lowest BCUT2D eigenvalue weighted by Crippen LogP contribution is -2.33. The lowest BCUT2D eigenvalue weighted by atomic mass is 10.1. The molecule has 0 saturated carbocycles. The van der Waals surface area contributed by atoms with Crippen LogP contribution in [0.25, 0.3) is 0 Å². The van der Waals surface area contributed by atoms with Crippen molar-refractivity contribution in [2.45, 2.75) is 0 Å². The summed E-state index contributed by atoms with van der Waals surface area (Å²) >= 11 is 0. The highest BCUT2D eigenvalue weighted by Crippen LogP contribution is 2.10. The van der Waals surface area contributed by atoms with E-state index >= 15 is 0 Å². The lowest BCUT2D eigenvalue weighted by molar-refractivity contribution is -0.0248. The lowest BCUT2D eigenvalue weighted by Gasteiger charge is -2.26. The molecule has 1 aromatic heterocycles. The average molecular weight is 164 g/mol. The Balaban J connectivity index is 1.79. The summed E-state index contributed by atoms with van der Waals surface area (Å²) in [7, 11) is 0. The van der Waals surface area contributed by atoms with Gasteiger partial charge < -0.3 is 10.1 Å². The number of pyridine rings is 1. The van der Waals surface area contributed by atoms with Crippen LogP contribution in [0.15, 0.2) is 24.4 Å². The number of nitrogens with zero attached hydrogens (tertiary/aromatic N) is 1. The van der Waals surface area contributed by atoms with E-state index in [2.05, 4.69) is 10.3 Å². The van der Waals surface area contributed by atoms with Gasteiger partial charge in [0.2, 0.25) is 0 Å². The molecular formula is C9H12N2O. The third-order valence-electron chi connectivity index (χ3n) is 1.94. The molecule has 12 heavy (non-hydrogen) atoms. The molecule has 1 aliphatic rings. The predicted octanol–water partition coefficient (Wildman–Crippen LogP) is 1.14. The molecule has 0 unspecified atom stereocenters. The smallest absolute Gasteiger partial charge is 0.125 e. The van der Waals surface area contributed by atoms with Gasteiger partial charge in [-0.1, -0.05) is 6.07 Å². The number of rotatable bonds is 3. The Morgan fingerprint density at radius 1 is 1.50 bits per heavy atom. The third-order valence-corrected chi connectivity index (χ3v) is 1.94. The second kappa shape index (κ2) is 3.54. The Morgan fingerprint density at radius 2 is 2.42 bits per heavy atom. The fourth-order valence-corrected chi connectivity index (χ4v) is 1.12. The van der Waals surface area contributed by atoms with Crippen LogP contribution in [0.4, 0.5) is 5.82 Å². The van der Waals surface area contributed by atoms with Crippen LogP contribution < -0.4 is 5.32 Å². The Morgan fingerprint density at radius 3 is 3.00 bits per heavy atom. The molecule has 64 valence electrons. The Kier molecular flexibility index (Phi) is 2.23. The highest BCUT2D eigenvalue weighted by Gasteiger charge is 2.17. The first-order valence-electron chi connectivity index (χ1n) is 4.18. The van der Waals surface area contributed by atoms with E-state index in [0.29, 0.717) is 5.92 Å². The number of aromatic nitrogens is 1. The number of hydrogen-bond acceptors (Lipinski definition) is 3. The molecule has 0 aliphatic carbocycles. The van der Waals surface area contributed by atoms with E-state index in [-0.39, 0.29) is 0 Å². The molecule has 0 spiro atoms. The molecule has 1 aliphatic heterocycles. The summed E-state index contributed by atoms with van der Waals surface area (Å²) in [5.74, 6) is 1.62. The SMILES string of the molecule is c1ccc(NCC2COC2)nc1. The normalized spacial score (nSPS) is 17.0. The Bertz CT molecular complexity index is 234. The minimum Gasteiger partial charge on any atom is -0.381 e. The quantitative estimate of drug-likeness (QED) is 0.727. The number of nitrogens with one attached hydrogen (secondary N) is 1. The molecule has 3 heteroatoms. The molecule has 3 nitrogen and oxygen atoms in total. The summed E-state index contributed by atoms with van der Waals surface area (Å²) < 4.78 is 5.06. The zero-order chi connectivity index (χ0) is 8.23. The van der Waals surface area contributed by atoms with Gasteiger partial charge in [0.05, 0.1) is 13.2 Å². The minimum atomic E-state index is 0.673. The van der Waals surface area contributed by atoms with Gasteiger partial charge in [-0.15, -0.1) is 0 Å². The highest BCUT2D eigenvalue weighted by molar-refractivity contribution is 5.33. The van der Waals surface area contributed by atoms with E-state index in [9.17, 15) is 0 Å². The van der Waals surface area contributed by atoms with Crippen molar-refractivity contribution in [3.63, 3.8) is 0 Å². The van der Waals surface area contributed by atoms with Crippen LogP contribution in [0.2, 0.25) is 0 Å². The maximum Gasteiger partial charge on any atom is 0.125 e. The van der Waals surface area contributed by atoms with Crippen molar-refractivity contribution in [1.82, 2.24) is 4.98 Å².